The van der Waals surface area contributed by atoms with Gasteiger partial charge in [0.15, 0.2) is 6.61 Å². The van der Waals surface area contributed by atoms with E-state index >= 15 is 0 Å². The van der Waals surface area contributed by atoms with E-state index in [0.717, 1.165) is 18.8 Å². The van der Waals surface area contributed by atoms with Gasteiger partial charge in [0.1, 0.15) is 5.52 Å². The number of ether oxygens (including phenoxy) is 1. The molecule has 1 amide bonds. The Kier molecular flexibility index (Phi) is 5.14. The summed E-state index contributed by atoms with van der Waals surface area (Å²) in [6.45, 7) is 2.43. The summed E-state index contributed by atoms with van der Waals surface area (Å²) >= 11 is 0. The summed E-state index contributed by atoms with van der Waals surface area (Å²) in [5.41, 5.74) is 2.55. The van der Waals surface area contributed by atoms with E-state index < -0.39 is 5.97 Å². The van der Waals surface area contributed by atoms with Crippen LogP contribution in [0.4, 0.5) is 5.69 Å². The van der Waals surface area contributed by atoms with Crippen molar-refractivity contribution in [1.29, 1.82) is 0 Å². The van der Waals surface area contributed by atoms with Crippen LogP contribution in [-0.2, 0) is 9.53 Å². The molecule has 0 saturated carbocycles. The van der Waals surface area contributed by atoms with Gasteiger partial charge in [-0.2, -0.15) is 0 Å². The highest BCUT2D eigenvalue weighted by molar-refractivity contribution is 6.02. The number of hydrogen-bond acceptors (Lipinski definition) is 6. The Bertz CT molecular complexity index is 980. The quantitative estimate of drug-likeness (QED) is 0.650. The fourth-order valence-electron chi connectivity index (χ4n) is 3.31. The van der Waals surface area contributed by atoms with Crippen molar-refractivity contribution in [2.75, 3.05) is 37.7 Å². The molecule has 0 spiro atoms. The van der Waals surface area contributed by atoms with Crippen molar-refractivity contribution in [3.63, 3.8) is 0 Å². The summed E-state index contributed by atoms with van der Waals surface area (Å²) in [4.78, 5) is 37.2. The number of carbonyl (C=O) groups is 2. The van der Waals surface area contributed by atoms with E-state index in [1.54, 1.807) is 29.3 Å². The summed E-state index contributed by atoms with van der Waals surface area (Å²) in [5, 5.41) is 0. The Labute approximate surface area is 162 Å². The monoisotopic (exact) mass is 376 g/mol. The SMILES string of the molecule is O=C(OCC(=O)N1CCN(c2ccccc2)CC1)c1cccc2nccnc12. The van der Waals surface area contributed by atoms with Crippen LogP contribution in [-0.4, -0.2) is 59.5 Å². The first kappa shape index (κ1) is 17.9. The van der Waals surface area contributed by atoms with Crippen LogP contribution in [0.1, 0.15) is 10.4 Å². The number of nitrogens with zero attached hydrogens (tertiary/aromatic N) is 4. The van der Waals surface area contributed by atoms with Crippen LogP contribution in [0.15, 0.2) is 60.9 Å². The molecule has 1 saturated heterocycles. The minimum absolute atomic E-state index is 0.188. The van der Waals surface area contributed by atoms with Crippen LogP contribution in [0.25, 0.3) is 11.0 Å². The van der Waals surface area contributed by atoms with Gasteiger partial charge in [-0.25, -0.2) is 4.79 Å². The minimum atomic E-state index is -0.567. The van der Waals surface area contributed by atoms with E-state index in [-0.39, 0.29) is 12.5 Å². The molecular weight excluding hydrogens is 356 g/mol. The molecule has 0 N–H and O–H groups in total. The molecule has 0 radical (unpaired) electrons. The van der Waals surface area contributed by atoms with Crippen molar-refractivity contribution >= 4 is 28.6 Å². The molecule has 0 atom stereocenters. The number of fused-ring (bicyclic) bond motifs is 1. The molecule has 1 aliphatic heterocycles. The summed E-state index contributed by atoms with van der Waals surface area (Å²) in [7, 11) is 0. The third-order valence-electron chi connectivity index (χ3n) is 4.80. The first-order valence-corrected chi connectivity index (χ1v) is 9.17. The Morgan fingerprint density at radius 3 is 2.43 bits per heavy atom. The average Bonchev–Trinajstić information content (AvgIpc) is 2.77. The van der Waals surface area contributed by atoms with E-state index in [2.05, 4.69) is 27.0 Å². The van der Waals surface area contributed by atoms with Gasteiger partial charge >= 0.3 is 5.97 Å². The van der Waals surface area contributed by atoms with Crippen LogP contribution in [0.5, 0.6) is 0 Å². The topological polar surface area (TPSA) is 75.6 Å². The van der Waals surface area contributed by atoms with Gasteiger partial charge in [-0.15, -0.1) is 0 Å². The van der Waals surface area contributed by atoms with Gasteiger partial charge in [0, 0.05) is 44.3 Å². The number of hydrogen-bond donors (Lipinski definition) is 0. The van der Waals surface area contributed by atoms with E-state index in [0.29, 0.717) is 29.7 Å². The van der Waals surface area contributed by atoms with Gasteiger partial charge in [-0.1, -0.05) is 24.3 Å². The number of aromatic nitrogens is 2. The molecule has 142 valence electrons. The molecule has 0 aliphatic carbocycles. The summed E-state index contributed by atoms with van der Waals surface area (Å²) in [5.74, 6) is -0.755. The first-order chi connectivity index (χ1) is 13.7. The molecule has 2 heterocycles. The number of benzene rings is 2. The maximum atomic E-state index is 12.4. The zero-order valence-electron chi connectivity index (χ0n) is 15.3. The molecule has 1 aromatic heterocycles. The number of esters is 1. The molecular formula is C21H20N4O3. The normalized spacial score (nSPS) is 14.1. The van der Waals surface area contributed by atoms with Gasteiger partial charge in [0.2, 0.25) is 0 Å². The zero-order valence-corrected chi connectivity index (χ0v) is 15.3. The van der Waals surface area contributed by atoms with Gasteiger partial charge in [-0.05, 0) is 24.3 Å². The molecule has 0 bridgehead atoms. The van der Waals surface area contributed by atoms with Gasteiger partial charge in [0.25, 0.3) is 5.91 Å². The summed E-state index contributed by atoms with van der Waals surface area (Å²) in [6, 6.07) is 15.2. The average molecular weight is 376 g/mol. The van der Waals surface area contributed by atoms with Crippen molar-refractivity contribution in [2.45, 2.75) is 0 Å². The number of anilines is 1. The van der Waals surface area contributed by atoms with Crippen molar-refractivity contribution < 1.29 is 14.3 Å². The van der Waals surface area contributed by atoms with Crippen LogP contribution in [0.3, 0.4) is 0 Å². The molecule has 7 nitrogen and oxygen atoms in total. The van der Waals surface area contributed by atoms with Crippen molar-refractivity contribution in [2.24, 2.45) is 0 Å². The number of rotatable bonds is 4. The number of para-hydroxylation sites is 2. The van der Waals surface area contributed by atoms with Gasteiger partial charge in [-0.3, -0.25) is 14.8 Å². The zero-order chi connectivity index (χ0) is 19.3. The Morgan fingerprint density at radius 2 is 1.64 bits per heavy atom. The largest absolute Gasteiger partial charge is 0.452 e. The van der Waals surface area contributed by atoms with Crippen molar-refractivity contribution in [3.8, 4) is 0 Å². The number of carbonyl (C=O) groups excluding carboxylic acids is 2. The third kappa shape index (κ3) is 3.78. The number of amides is 1. The van der Waals surface area contributed by atoms with Crippen molar-refractivity contribution in [3.05, 3.63) is 66.5 Å². The molecule has 3 aromatic rings. The maximum absolute atomic E-state index is 12.4. The highest BCUT2D eigenvalue weighted by Gasteiger charge is 2.23. The van der Waals surface area contributed by atoms with E-state index in [1.165, 1.54) is 6.20 Å². The Hall–Kier alpha value is -3.48. The molecule has 1 aliphatic rings. The molecule has 28 heavy (non-hydrogen) atoms. The molecule has 2 aromatic carbocycles. The first-order valence-electron chi connectivity index (χ1n) is 9.17. The lowest BCUT2D eigenvalue weighted by molar-refractivity contribution is -0.134. The van der Waals surface area contributed by atoms with Gasteiger partial charge < -0.3 is 14.5 Å². The van der Waals surface area contributed by atoms with Crippen molar-refractivity contribution in [1.82, 2.24) is 14.9 Å². The standard InChI is InChI=1S/C21H20N4O3/c26-19(25-13-11-24(12-14-25)16-5-2-1-3-6-16)15-28-21(27)17-7-4-8-18-20(17)23-10-9-22-18/h1-10H,11-15H2. The van der Waals surface area contributed by atoms with E-state index in [9.17, 15) is 9.59 Å². The van der Waals surface area contributed by atoms with Crippen LogP contribution < -0.4 is 4.90 Å². The second-order valence-corrected chi connectivity index (χ2v) is 6.51. The molecule has 4 rings (SSSR count). The Morgan fingerprint density at radius 1 is 0.893 bits per heavy atom. The van der Waals surface area contributed by atoms with Crippen LogP contribution in [0, 0.1) is 0 Å². The fraction of sp³-hybridized carbons (Fsp3) is 0.238. The maximum Gasteiger partial charge on any atom is 0.340 e. The highest BCUT2D eigenvalue weighted by Crippen LogP contribution is 2.17. The van der Waals surface area contributed by atoms with Gasteiger partial charge in [0.05, 0.1) is 11.1 Å². The summed E-state index contributed by atoms with van der Waals surface area (Å²) in [6.07, 6.45) is 3.09. The lowest BCUT2D eigenvalue weighted by Gasteiger charge is -2.36. The predicted molar refractivity (Wildman–Crippen MR) is 105 cm³/mol. The lowest BCUT2D eigenvalue weighted by Crippen LogP contribution is -2.49. The fourth-order valence-corrected chi connectivity index (χ4v) is 3.31. The van der Waals surface area contributed by atoms with Crippen LogP contribution >= 0.6 is 0 Å². The highest BCUT2D eigenvalue weighted by atomic mass is 16.5. The number of piperazine rings is 1. The lowest BCUT2D eigenvalue weighted by atomic mass is 10.2. The second kappa shape index (κ2) is 8.04. The van der Waals surface area contributed by atoms with E-state index in [1.807, 2.05) is 18.2 Å². The summed E-state index contributed by atoms with van der Waals surface area (Å²) < 4.78 is 5.25. The predicted octanol–water partition coefficient (Wildman–Crippen LogP) is 2.14. The van der Waals surface area contributed by atoms with E-state index in [4.69, 9.17) is 4.74 Å². The molecule has 0 unspecified atom stereocenters. The molecule has 1 fully saturated rings. The molecule has 7 heteroatoms. The Balaban J connectivity index is 1.33. The third-order valence-corrected chi connectivity index (χ3v) is 4.80. The van der Waals surface area contributed by atoms with Crippen LogP contribution in [0.2, 0.25) is 0 Å². The minimum Gasteiger partial charge on any atom is -0.452 e. The smallest absolute Gasteiger partial charge is 0.340 e. The second-order valence-electron chi connectivity index (χ2n) is 6.51.